The van der Waals surface area contributed by atoms with Gasteiger partial charge in [-0.05, 0) is 50.2 Å². The van der Waals surface area contributed by atoms with Crippen molar-refractivity contribution in [1.29, 1.82) is 0 Å². The van der Waals surface area contributed by atoms with Gasteiger partial charge in [0.25, 0.3) is 0 Å². The maximum Gasteiger partial charge on any atom is 0.220 e. The van der Waals surface area contributed by atoms with Crippen LogP contribution in [0.5, 0.6) is 0 Å². The molecule has 4 nitrogen and oxygen atoms in total. The van der Waals surface area contributed by atoms with Crippen molar-refractivity contribution in [3.63, 3.8) is 0 Å². The summed E-state index contributed by atoms with van der Waals surface area (Å²) in [5, 5.41) is 6.43. The van der Waals surface area contributed by atoms with Gasteiger partial charge >= 0.3 is 0 Å². The van der Waals surface area contributed by atoms with E-state index in [-0.39, 0.29) is 22.8 Å². The Bertz CT molecular complexity index is 901. The second-order valence-electron chi connectivity index (χ2n) is 9.62. The molecule has 1 heterocycles. The van der Waals surface area contributed by atoms with Crippen LogP contribution in [0.15, 0.2) is 54.6 Å². The molecule has 1 saturated carbocycles. The van der Waals surface area contributed by atoms with Gasteiger partial charge in [-0.15, -0.1) is 0 Å². The van der Waals surface area contributed by atoms with Gasteiger partial charge < -0.3 is 10.6 Å². The minimum Gasteiger partial charge on any atom is -0.355 e. The van der Waals surface area contributed by atoms with Gasteiger partial charge in [-0.2, -0.15) is 0 Å². The monoisotopic (exact) mass is 418 g/mol. The molecule has 2 aromatic rings. The first-order valence-corrected chi connectivity index (χ1v) is 11.7. The Kier molecular flexibility index (Phi) is 6.45. The smallest absolute Gasteiger partial charge is 0.220 e. The highest BCUT2D eigenvalue weighted by Gasteiger charge is 2.39. The van der Waals surface area contributed by atoms with Crippen molar-refractivity contribution in [2.75, 3.05) is 6.54 Å². The molecule has 164 valence electrons. The second kappa shape index (κ2) is 9.25. The summed E-state index contributed by atoms with van der Waals surface area (Å²) in [5.74, 6) is 0.188. The van der Waals surface area contributed by atoms with Crippen molar-refractivity contribution in [2.45, 2.75) is 75.7 Å². The summed E-state index contributed by atoms with van der Waals surface area (Å²) in [5.41, 5.74) is 3.53. The lowest BCUT2D eigenvalue weighted by Gasteiger charge is -2.31. The molecule has 2 fully saturated rings. The van der Waals surface area contributed by atoms with E-state index in [0.29, 0.717) is 25.8 Å². The summed E-state index contributed by atoms with van der Waals surface area (Å²) in [6.45, 7) is 2.78. The minimum absolute atomic E-state index is 0.0675. The highest BCUT2D eigenvalue weighted by Crippen LogP contribution is 2.40. The summed E-state index contributed by atoms with van der Waals surface area (Å²) >= 11 is 0. The first-order chi connectivity index (χ1) is 15.0. The first kappa shape index (κ1) is 21.6. The van der Waals surface area contributed by atoms with Crippen molar-refractivity contribution < 1.29 is 9.59 Å². The molecule has 2 amide bonds. The van der Waals surface area contributed by atoms with Gasteiger partial charge in [0.05, 0.1) is 0 Å². The maximum absolute atomic E-state index is 12.8. The van der Waals surface area contributed by atoms with Crippen LogP contribution < -0.4 is 10.6 Å². The summed E-state index contributed by atoms with van der Waals surface area (Å²) in [6.07, 6.45) is 7.93. The van der Waals surface area contributed by atoms with E-state index < -0.39 is 0 Å². The number of hydrogen-bond donors (Lipinski definition) is 2. The predicted molar refractivity (Wildman–Crippen MR) is 124 cm³/mol. The zero-order valence-corrected chi connectivity index (χ0v) is 18.6. The number of carbonyl (C=O) groups is 2. The van der Waals surface area contributed by atoms with Crippen LogP contribution in [0.1, 0.15) is 68.1 Å². The highest BCUT2D eigenvalue weighted by molar-refractivity contribution is 5.80. The SMILES string of the molecule is Cc1ccc(CC2(CCC(=O)NCC3(c4ccccc4)CCCC3)CCC(=O)N2)cc1. The number of carbonyl (C=O) groups excluding carboxylic acids is 2. The maximum atomic E-state index is 12.8. The molecular weight excluding hydrogens is 384 g/mol. The Morgan fingerprint density at radius 2 is 1.71 bits per heavy atom. The predicted octanol–water partition coefficient (Wildman–Crippen LogP) is 4.59. The van der Waals surface area contributed by atoms with E-state index in [1.165, 1.54) is 29.5 Å². The summed E-state index contributed by atoms with van der Waals surface area (Å²) < 4.78 is 0. The van der Waals surface area contributed by atoms with E-state index in [1.54, 1.807) is 0 Å². The summed E-state index contributed by atoms with van der Waals surface area (Å²) in [7, 11) is 0. The van der Waals surface area contributed by atoms with Crippen molar-refractivity contribution in [1.82, 2.24) is 10.6 Å². The third-order valence-corrected chi connectivity index (χ3v) is 7.30. The van der Waals surface area contributed by atoms with Crippen molar-refractivity contribution in [2.24, 2.45) is 0 Å². The number of nitrogens with one attached hydrogen (secondary N) is 2. The Hall–Kier alpha value is -2.62. The molecule has 4 heteroatoms. The lowest BCUT2D eigenvalue weighted by molar-refractivity contribution is -0.123. The zero-order valence-electron chi connectivity index (χ0n) is 18.6. The van der Waals surface area contributed by atoms with Gasteiger partial charge in [-0.25, -0.2) is 0 Å². The van der Waals surface area contributed by atoms with Gasteiger partial charge in [0.1, 0.15) is 0 Å². The van der Waals surface area contributed by atoms with E-state index >= 15 is 0 Å². The van der Waals surface area contributed by atoms with Gasteiger partial charge in [-0.1, -0.05) is 73.0 Å². The molecule has 2 N–H and O–H groups in total. The van der Waals surface area contributed by atoms with Crippen LogP contribution in [0, 0.1) is 6.92 Å². The lowest BCUT2D eigenvalue weighted by atomic mass is 9.78. The van der Waals surface area contributed by atoms with Crippen molar-refractivity contribution in [3.8, 4) is 0 Å². The Morgan fingerprint density at radius 3 is 2.35 bits per heavy atom. The average molecular weight is 419 g/mol. The fourth-order valence-corrected chi connectivity index (χ4v) is 5.40. The second-order valence-corrected chi connectivity index (χ2v) is 9.62. The first-order valence-electron chi connectivity index (χ1n) is 11.7. The third-order valence-electron chi connectivity index (χ3n) is 7.30. The molecule has 2 aliphatic rings. The van der Waals surface area contributed by atoms with Gasteiger partial charge in [0.15, 0.2) is 0 Å². The van der Waals surface area contributed by atoms with Crippen LogP contribution in [-0.2, 0) is 21.4 Å². The van der Waals surface area contributed by atoms with Crippen molar-refractivity contribution in [3.05, 3.63) is 71.3 Å². The number of hydrogen-bond acceptors (Lipinski definition) is 2. The summed E-state index contributed by atoms with van der Waals surface area (Å²) in [4.78, 5) is 24.9. The van der Waals surface area contributed by atoms with E-state index in [4.69, 9.17) is 0 Å². The molecule has 0 bridgehead atoms. The largest absolute Gasteiger partial charge is 0.355 e. The lowest BCUT2D eigenvalue weighted by Crippen LogP contribution is -2.45. The number of benzene rings is 2. The normalized spacial score (nSPS) is 22.3. The molecule has 0 aromatic heterocycles. The molecule has 4 rings (SSSR count). The van der Waals surface area contributed by atoms with Gasteiger partial charge in [0.2, 0.25) is 11.8 Å². The molecule has 0 radical (unpaired) electrons. The molecule has 1 atom stereocenters. The number of amides is 2. The number of aryl methyl sites for hydroxylation is 1. The molecule has 1 unspecified atom stereocenters. The van der Waals surface area contributed by atoms with Crippen LogP contribution in [-0.4, -0.2) is 23.9 Å². The average Bonchev–Trinajstić information content (AvgIpc) is 3.41. The van der Waals surface area contributed by atoms with Crippen LogP contribution in [0.4, 0.5) is 0 Å². The fourth-order valence-electron chi connectivity index (χ4n) is 5.40. The standard InChI is InChI=1S/C27H34N2O2/c1-21-9-11-22(12-10-21)19-27(18-14-25(31)29-27)17-13-24(30)28-20-26(15-5-6-16-26)23-7-3-2-4-8-23/h2-4,7-12H,5-6,13-20H2,1H3,(H,28,30)(H,29,31). The molecular formula is C27H34N2O2. The van der Waals surface area contributed by atoms with Crippen LogP contribution in [0.3, 0.4) is 0 Å². The van der Waals surface area contributed by atoms with Crippen LogP contribution >= 0.6 is 0 Å². The number of rotatable bonds is 8. The molecule has 1 aliphatic heterocycles. The molecule has 0 spiro atoms. The Balaban J connectivity index is 1.37. The van der Waals surface area contributed by atoms with E-state index in [2.05, 4.69) is 66.1 Å². The Morgan fingerprint density at radius 1 is 1.00 bits per heavy atom. The van der Waals surface area contributed by atoms with E-state index in [1.807, 2.05) is 6.07 Å². The molecule has 2 aromatic carbocycles. The summed E-state index contributed by atoms with van der Waals surface area (Å²) in [6, 6.07) is 19.1. The minimum atomic E-state index is -0.311. The van der Waals surface area contributed by atoms with Gasteiger partial charge in [-0.3, -0.25) is 9.59 Å². The zero-order chi connectivity index (χ0) is 21.7. The third kappa shape index (κ3) is 5.17. The van der Waals surface area contributed by atoms with Gasteiger partial charge in [0, 0.05) is 30.3 Å². The fraction of sp³-hybridized carbons (Fsp3) is 0.481. The van der Waals surface area contributed by atoms with E-state index in [9.17, 15) is 9.59 Å². The van der Waals surface area contributed by atoms with Crippen molar-refractivity contribution >= 4 is 11.8 Å². The van der Waals surface area contributed by atoms with E-state index in [0.717, 1.165) is 25.7 Å². The van der Waals surface area contributed by atoms with Crippen LogP contribution in [0.2, 0.25) is 0 Å². The topological polar surface area (TPSA) is 58.2 Å². The Labute approximate surface area is 185 Å². The molecule has 1 saturated heterocycles. The molecule has 31 heavy (non-hydrogen) atoms. The quantitative estimate of drug-likeness (QED) is 0.658. The molecule has 1 aliphatic carbocycles. The highest BCUT2D eigenvalue weighted by atomic mass is 16.2. The van der Waals surface area contributed by atoms with Crippen LogP contribution in [0.25, 0.3) is 0 Å².